The second-order valence-corrected chi connectivity index (χ2v) is 5.77. The van der Waals surface area contributed by atoms with Crippen LogP contribution in [-0.4, -0.2) is 43.5 Å². The van der Waals surface area contributed by atoms with E-state index in [-0.39, 0.29) is 6.10 Å². The molecule has 2 rings (SSSR count). The van der Waals surface area contributed by atoms with Crippen molar-refractivity contribution in [2.45, 2.75) is 25.4 Å². The average Bonchev–Trinajstić information content (AvgIpc) is 2.56. The fourth-order valence-corrected chi connectivity index (χ4v) is 2.66. The predicted octanol–water partition coefficient (Wildman–Crippen LogP) is 3.02. The van der Waals surface area contributed by atoms with E-state index in [4.69, 9.17) is 7.85 Å². The highest BCUT2D eigenvalue weighted by atomic mass is 16.3. The van der Waals surface area contributed by atoms with Crippen molar-refractivity contribution in [3.05, 3.63) is 71.8 Å². The third kappa shape index (κ3) is 5.01. The average molecular weight is 293 g/mol. The lowest BCUT2D eigenvalue weighted by atomic mass is 9.90. The van der Waals surface area contributed by atoms with Gasteiger partial charge in [0.25, 0.3) is 0 Å². The topological polar surface area (TPSA) is 23.5 Å². The van der Waals surface area contributed by atoms with E-state index >= 15 is 0 Å². The van der Waals surface area contributed by atoms with Gasteiger partial charge in [-0.1, -0.05) is 60.7 Å². The summed E-state index contributed by atoms with van der Waals surface area (Å²) in [6.45, 7) is 3.49. The van der Waals surface area contributed by atoms with Crippen molar-refractivity contribution in [1.82, 2.24) is 4.90 Å². The van der Waals surface area contributed by atoms with Gasteiger partial charge in [0, 0.05) is 12.5 Å². The van der Waals surface area contributed by atoms with Crippen LogP contribution >= 0.6 is 0 Å². The van der Waals surface area contributed by atoms with Gasteiger partial charge in [-0.05, 0) is 37.5 Å². The molecule has 1 atom stereocenters. The molecule has 1 unspecified atom stereocenters. The molecule has 22 heavy (non-hydrogen) atoms. The van der Waals surface area contributed by atoms with Crippen LogP contribution in [-0.2, 0) is 0 Å². The number of benzene rings is 2. The first-order valence-corrected chi connectivity index (χ1v) is 7.91. The van der Waals surface area contributed by atoms with Crippen LogP contribution in [0, 0.1) is 0 Å². The number of rotatable bonds is 8. The van der Waals surface area contributed by atoms with Crippen LogP contribution in [0.3, 0.4) is 0 Å². The zero-order chi connectivity index (χ0) is 15.8. The van der Waals surface area contributed by atoms with Gasteiger partial charge in [0.15, 0.2) is 0 Å². The molecule has 0 saturated heterocycles. The minimum atomic E-state index is -0.291. The molecule has 2 nitrogen and oxygen atoms in total. The van der Waals surface area contributed by atoms with Gasteiger partial charge >= 0.3 is 0 Å². The third-order valence-corrected chi connectivity index (χ3v) is 3.97. The smallest absolute Gasteiger partial charge is 0.0863 e. The zero-order valence-corrected chi connectivity index (χ0v) is 13.2. The van der Waals surface area contributed by atoms with Crippen LogP contribution < -0.4 is 0 Å². The lowest BCUT2D eigenvalue weighted by Crippen LogP contribution is -2.32. The second-order valence-electron chi connectivity index (χ2n) is 5.77. The first-order chi connectivity index (χ1) is 10.7. The Morgan fingerprint density at radius 1 is 0.955 bits per heavy atom. The van der Waals surface area contributed by atoms with Crippen LogP contribution in [0.5, 0.6) is 0 Å². The third-order valence-electron chi connectivity index (χ3n) is 3.97. The van der Waals surface area contributed by atoms with E-state index in [1.165, 1.54) is 11.1 Å². The molecule has 2 aromatic rings. The summed E-state index contributed by atoms with van der Waals surface area (Å²) in [6.07, 6.45) is 0.956. The monoisotopic (exact) mass is 293 g/mol. The Kier molecular flexibility index (Phi) is 6.69. The maximum Gasteiger partial charge on any atom is 0.0863 e. The van der Waals surface area contributed by atoms with Gasteiger partial charge in [-0.3, -0.25) is 0 Å². The second kappa shape index (κ2) is 8.77. The van der Waals surface area contributed by atoms with Crippen molar-refractivity contribution in [2.75, 3.05) is 19.5 Å². The van der Waals surface area contributed by atoms with Crippen molar-refractivity contribution >= 4 is 7.85 Å². The summed E-state index contributed by atoms with van der Waals surface area (Å²) in [6, 6.07) is 21.1. The Hall–Kier alpha value is -1.58. The standard InChI is InChI=1S/C19H24BNO/c1-16(22)12-13-21(15-20)14-19(17-8-4-2-5-9-17)18-10-6-3-7-11-18/h2-11,16,19,22H,12-15H2,1H3. The fourth-order valence-electron chi connectivity index (χ4n) is 2.66. The highest BCUT2D eigenvalue weighted by molar-refractivity contribution is 6.08. The molecule has 0 spiro atoms. The molecule has 0 aliphatic heterocycles. The van der Waals surface area contributed by atoms with Crippen molar-refractivity contribution in [3.8, 4) is 0 Å². The van der Waals surface area contributed by atoms with Gasteiger partial charge in [-0.25, -0.2) is 0 Å². The molecule has 0 aliphatic carbocycles. The molecule has 0 aromatic heterocycles. The predicted molar refractivity (Wildman–Crippen MR) is 93.2 cm³/mol. The zero-order valence-electron chi connectivity index (χ0n) is 13.2. The molecule has 0 amide bonds. The Morgan fingerprint density at radius 3 is 1.86 bits per heavy atom. The fraction of sp³-hybridized carbons (Fsp3) is 0.368. The van der Waals surface area contributed by atoms with E-state index in [1.807, 2.05) is 19.1 Å². The SMILES string of the molecule is [B]CN(CCC(C)O)CC(c1ccccc1)c1ccccc1. The summed E-state index contributed by atoms with van der Waals surface area (Å²) in [5.41, 5.74) is 2.59. The van der Waals surface area contributed by atoms with E-state index in [0.717, 1.165) is 19.5 Å². The van der Waals surface area contributed by atoms with Crippen molar-refractivity contribution in [1.29, 1.82) is 0 Å². The number of hydrogen-bond acceptors (Lipinski definition) is 2. The first-order valence-electron chi connectivity index (χ1n) is 7.91. The van der Waals surface area contributed by atoms with E-state index in [1.54, 1.807) is 0 Å². The van der Waals surface area contributed by atoms with Crippen LogP contribution in [0.25, 0.3) is 0 Å². The molecule has 3 heteroatoms. The van der Waals surface area contributed by atoms with Gasteiger partial charge in [-0.2, -0.15) is 0 Å². The maximum atomic E-state index is 9.50. The van der Waals surface area contributed by atoms with Gasteiger partial charge in [0.2, 0.25) is 0 Å². The van der Waals surface area contributed by atoms with Crippen molar-refractivity contribution in [3.63, 3.8) is 0 Å². The van der Waals surface area contributed by atoms with Crippen LogP contribution in [0.1, 0.15) is 30.4 Å². The summed E-state index contributed by atoms with van der Waals surface area (Å²) in [7, 11) is 5.91. The van der Waals surface area contributed by atoms with Crippen LogP contribution in [0.15, 0.2) is 60.7 Å². The van der Waals surface area contributed by atoms with E-state index in [2.05, 4.69) is 53.4 Å². The number of aliphatic hydroxyl groups is 1. The molecule has 1 N–H and O–H groups in total. The Morgan fingerprint density at radius 2 is 1.45 bits per heavy atom. The quantitative estimate of drug-likeness (QED) is 0.756. The lowest BCUT2D eigenvalue weighted by molar-refractivity contribution is 0.161. The first kappa shape index (κ1) is 16.8. The molecule has 0 aliphatic rings. The highest BCUT2D eigenvalue weighted by Gasteiger charge is 2.17. The lowest BCUT2D eigenvalue weighted by Gasteiger charge is -2.28. The van der Waals surface area contributed by atoms with E-state index < -0.39 is 0 Å². The van der Waals surface area contributed by atoms with Crippen molar-refractivity contribution < 1.29 is 5.11 Å². The minimum Gasteiger partial charge on any atom is -0.393 e. The minimum absolute atomic E-state index is 0.291. The van der Waals surface area contributed by atoms with Gasteiger partial charge in [0.05, 0.1) is 14.0 Å². The van der Waals surface area contributed by atoms with Gasteiger partial charge in [0.1, 0.15) is 0 Å². The summed E-state index contributed by atoms with van der Waals surface area (Å²) in [4.78, 5) is 2.21. The number of nitrogens with zero attached hydrogens (tertiary/aromatic N) is 1. The van der Waals surface area contributed by atoms with E-state index in [0.29, 0.717) is 12.4 Å². The van der Waals surface area contributed by atoms with Crippen LogP contribution in [0.4, 0.5) is 0 Å². The van der Waals surface area contributed by atoms with Gasteiger partial charge < -0.3 is 10.0 Å². The summed E-state index contributed by atoms with van der Waals surface area (Å²) in [5.74, 6) is 0.292. The Bertz CT molecular complexity index is 490. The maximum absolute atomic E-state index is 9.50. The number of aliphatic hydroxyl groups excluding tert-OH is 1. The highest BCUT2D eigenvalue weighted by Crippen LogP contribution is 2.25. The molecule has 2 radical (unpaired) electrons. The largest absolute Gasteiger partial charge is 0.393 e. The summed E-state index contributed by atoms with van der Waals surface area (Å²) >= 11 is 0. The molecule has 0 saturated carbocycles. The Labute approximate surface area is 135 Å². The summed E-state index contributed by atoms with van der Waals surface area (Å²) in [5, 5.41) is 9.50. The van der Waals surface area contributed by atoms with Crippen molar-refractivity contribution in [2.24, 2.45) is 0 Å². The van der Waals surface area contributed by atoms with Crippen LogP contribution in [0.2, 0.25) is 0 Å². The summed E-state index contributed by atoms with van der Waals surface area (Å²) < 4.78 is 0. The number of hydrogen-bond donors (Lipinski definition) is 1. The molecule has 0 bridgehead atoms. The molecule has 0 fully saturated rings. The molecule has 114 valence electrons. The Balaban J connectivity index is 2.18. The van der Waals surface area contributed by atoms with E-state index in [9.17, 15) is 5.11 Å². The van der Waals surface area contributed by atoms with Gasteiger partial charge in [-0.15, -0.1) is 0 Å². The normalized spacial score (nSPS) is 12.7. The molecule has 2 aromatic carbocycles. The molecular weight excluding hydrogens is 269 g/mol. The molecule has 0 heterocycles. The molecular formula is C19H24BNO.